The van der Waals surface area contributed by atoms with Crippen LogP contribution in [0.5, 0.6) is 0 Å². The first-order valence-electron chi connectivity index (χ1n) is 10.3. The molecule has 1 aromatic carbocycles. The molecule has 3 aromatic rings. The van der Waals surface area contributed by atoms with Gasteiger partial charge in [0.1, 0.15) is 30.1 Å². The molecule has 0 saturated carbocycles. The van der Waals surface area contributed by atoms with Gasteiger partial charge in [-0.2, -0.15) is 5.10 Å². The molecule has 11 nitrogen and oxygen atoms in total. The highest BCUT2D eigenvalue weighted by molar-refractivity contribution is 9.10. The van der Waals surface area contributed by atoms with Crippen molar-refractivity contribution in [2.75, 3.05) is 18.5 Å². The molecule has 0 aliphatic heterocycles. The third-order valence-electron chi connectivity index (χ3n) is 4.97. The van der Waals surface area contributed by atoms with Gasteiger partial charge in [0, 0.05) is 17.0 Å². The van der Waals surface area contributed by atoms with Gasteiger partial charge >= 0.3 is 0 Å². The number of fused-ring (bicyclic) bond motifs is 1. The molecule has 34 heavy (non-hydrogen) atoms. The van der Waals surface area contributed by atoms with Crippen molar-refractivity contribution in [1.82, 2.24) is 19.7 Å². The number of carbonyl (C=O) groups is 4. The molecule has 12 heteroatoms. The van der Waals surface area contributed by atoms with Gasteiger partial charge in [0.15, 0.2) is 11.5 Å². The molecule has 0 saturated heterocycles. The summed E-state index contributed by atoms with van der Waals surface area (Å²) in [4.78, 5) is 54.9. The number of aliphatic hydroxyl groups excluding tert-OH is 1. The third-order valence-corrected chi connectivity index (χ3v) is 5.42. The topological polar surface area (TPSA) is 161 Å². The Morgan fingerprint density at radius 1 is 1.21 bits per heavy atom. The van der Waals surface area contributed by atoms with Crippen LogP contribution in [0.2, 0.25) is 0 Å². The van der Waals surface area contributed by atoms with Crippen LogP contribution in [0.1, 0.15) is 34.7 Å². The number of aromatic nitrogens is 3. The lowest BCUT2D eigenvalue weighted by molar-refractivity contribution is -0.137. The smallest absolute Gasteiger partial charge is 0.269 e. The minimum atomic E-state index is -0.827. The fourth-order valence-corrected chi connectivity index (χ4v) is 3.68. The number of amides is 3. The lowest BCUT2D eigenvalue weighted by Gasteiger charge is -2.26. The van der Waals surface area contributed by atoms with E-state index in [-0.39, 0.29) is 35.8 Å². The Labute approximate surface area is 203 Å². The fourth-order valence-electron chi connectivity index (χ4n) is 3.34. The average Bonchev–Trinajstić information content (AvgIpc) is 3.14. The molecule has 178 valence electrons. The van der Waals surface area contributed by atoms with Crippen molar-refractivity contribution in [3.63, 3.8) is 0 Å². The Hall–Kier alpha value is -3.64. The maximum atomic E-state index is 13.1. The Morgan fingerprint density at radius 3 is 2.56 bits per heavy atom. The number of nitrogens with zero attached hydrogens (tertiary/aromatic N) is 4. The second-order valence-corrected chi connectivity index (χ2v) is 8.51. The molecular weight excluding hydrogens is 508 g/mol. The van der Waals surface area contributed by atoms with E-state index >= 15 is 0 Å². The molecule has 4 N–H and O–H groups in total. The predicted molar refractivity (Wildman–Crippen MR) is 127 cm³/mol. The van der Waals surface area contributed by atoms with E-state index in [0.717, 1.165) is 0 Å². The largest absolute Gasteiger partial charge is 0.388 e. The van der Waals surface area contributed by atoms with Crippen molar-refractivity contribution < 1.29 is 24.3 Å². The molecule has 0 fully saturated rings. The van der Waals surface area contributed by atoms with Crippen LogP contribution < -0.4 is 11.1 Å². The second-order valence-electron chi connectivity index (χ2n) is 7.69. The molecule has 2 aromatic heterocycles. The number of nitrogens with two attached hydrogens (primary N) is 1. The monoisotopic (exact) mass is 530 g/mol. The lowest BCUT2D eigenvalue weighted by atomic mass is 10.1. The first-order chi connectivity index (χ1) is 16.1. The fraction of sp³-hybridized carbons (Fsp3) is 0.273. The predicted octanol–water partition coefficient (Wildman–Crippen LogP) is 1.34. The van der Waals surface area contributed by atoms with Crippen LogP contribution >= 0.6 is 15.9 Å². The van der Waals surface area contributed by atoms with Gasteiger partial charge in [-0.15, -0.1) is 0 Å². The van der Waals surface area contributed by atoms with E-state index in [4.69, 9.17) is 10.8 Å². The molecule has 3 amide bonds. The van der Waals surface area contributed by atoms with Crippen LogP contribution in [0.15, 0.2) is 41.0 Å². The number of Topliss-reactive ketones (excluding diaryl/α,β-unsaturated/α-hetero) is 1. The van der Waals surface area contributed by atoms with E-state index < -0.39 is 30.1 Å². The normalized spacial score (nSPS) is 11.0. The number of benzene rings is 1. The minimum absolute atomic E-state index is 0.107. The van der Waals surface area contributed by atoms with Crippen LogP contribution in [-0.2, 0) is 16.1 Å². The highest BCUT2D eigenvalue weighted by Crippen LogP contribution is 2.21. The summed E-state index contributed by atoms with van der Waals surface area (Å²) in [5.74, 6) is -1.86. The van der Waals surface area contributed by atoms with Crippen LogP contribution in [0.4, 0.5) is 5.82 Å². The van der Waals surface area contributed by atoms with E-state index in [1.54, 1.807) is 32.0 Å². The van der Waals surface area contributed by atoms with E-state index in [2.05, 4.69) is 31.3 Å². The van der Waals surface area contributed by atoms with Crippen molar-refractivity contribution in [2.45, 2.75) is 26.4 Å². The van der Waals surface area contributed by atoms with Gasteiger partial charge in [-0.25, -0.2) is 4.98 Å². The SMILES string of the molecule is CC(C)N(CC(=O)Nc1cccc(Br)n1)C(=O)Cn1nc(C(N)=O)c2cc(C(=O)CO)ccc21. The van der Waals surface area contributed by atoms with E-state index in [0.29, 0.717) is 15.9 Å². The summed E-state index contributed by atoms with van der Waals surface area (Å²) < 4.78 is 1.86. The van der Waals surface area contributed by atoms with Gasteiger partial charge in [0.25, 0.3) is 5.91 Å². The van der Waals surface area contributed by atoms with Crippen molar-refractivity contribution in [3.8, 4) is 0 Å². The van der Waals surface area contributed by atoms with E-state index in [1.165, 1.54) is 27.8 Å². The Balaban J connectivity index is 1.84. The number of primary amides is 1. The summed E-state index contributed by atoms with van der Waals surface area (Å²) in [5.41, 5.74) is 5.92. The van der Waals surface area contributed by atoms with Crippen LogP contribution in [0.3, 0.4) is 0 Å². The Bertz CT molecular complexity index is 1270. The van der Waals surface area contributed by atoms with Gasteiger partial charge in [0.05, 0.1) is 5.52 Å². The number of hydrogen-bond acceptors (Lipinski definition) is 7. The third kappa shape index (κ3) is 5.64. The standard InChI is InChI=1S/C22H23BrN6O5/c1-12(2)28(9-19(32)26-18-5-3-4-17(23)25-18)20(33)10-29-15-7-6-13(16(31)11-30)8-14(15)21(27-29)22(24)34/h3-8,12,30H,9-11H2,1-2H3,(H2,24,34)(H,25,26,32). The van der Waals surface area contributed by atoms with Crippen molar-refractivity contribution in [1.29, 1.82) is 0 Å². The quantitative estimate of drug-likeness (QED) is 0.277. The Kier molecular flexibility index (Phi) is 7.74. The zero-order chi connectivity index (χ0) is 25.0. The number of anilines is 1. The molecular formula is C22H23BrN6O5. The summed E-state index contributed by atoms with van der Waals surface area (Å²) >= 11 is 3.23. The van der Waals surface area contributed by atoms with Gasteiger partial charge in [-0.3, -0.25) is 23.9 Å². The highest BCUT2D eigenvalue weighted by atomic mass is 79.9. The molecule has 3 rings (SSSR count). The van der Waals surface area contributed by atoms with E-state index in [1.807, 2.05) is 0 Å². The van der Waals surface area contributed by atoms with Crippen molar-refractivity contribution >= 4 is 56.2 Å². The zero-order valence-electron chi connectivity index (χ0n) is 18.5. The number of rotatable bonds is 9. The summed E-state index contributed by atoms with van der Waals surface area (Å²) in [5, 5.41) is 16.2. The summed E-state index contributed by atoms with van der Waals surface area (Å²) in [6.07, 6.45) is 0. The molecule has 2 heterocycles. The van der Waals surface area contributed by atoms with Gasteiger partial charge in [-0.1, -0.05) is 6.07 Å². The Morgan fingerprint density at radius 2 is 1.94 bits per heavy atom. The molecule has 0 atom stereocenters. The molecule has 0 unspecified atom stereocenters. The first kappa shape index (κ1) is 25.0. The number of aliphatic hydroxyl groups is 1. The number of carbonyl (C=O) groups excluding carboxylic acids is 4. The van der Waals surface area contributed by atoms with Crippen molar-refractivity contribution in [2.24, 2.45) is 5.73 Å². The average molecular weight is 531 g/mol. The van der Waals surface area contributed by atoms with Crippen LogP contribution in [-0.4, -0.2) is 67.5 Å². The molecule has 0 aliphatic rings. The summed E-state index contributed by atoms with van der Waals surface area (Å²) in [6.45, 7) is 2.36. The number of hydrogen-bond donors (Lipinski definition) is 3. The van der Waals surface area contributed by atoms with Crippen molar-refractivity contribution in [3.05, 3.63) is 52.3 Å². The van der Waals surface area contributed by atoms with Crippen LogP contribution in [0, 0.1) is 0 Å². The maximum absolute atomic E-state index is 13.1. The van der Waals surface area contributed by atoms with Gasteiger partial charge in [0.2, 0.25) is 11.8 Å². The highest BCUT2D eigenvalue weighted by Gasteiger charge is 2.24. The number of halogens is 1. The summed E-state index contributed by atoms with van der Waals surface area (Å²) in [7, 11) is 0. The van der Waals surface area contributed by atoms with Gasteiger partial charge < -0.3 is 21.1 Å². The lowest BCUT2D eigenvalue weighted by Crippen LogP contribution is -2.44. The van der Waals surface area contributed by atoms with E-state index in [9.17, 15) is 19.2 Å². The molecule has 0 aliphatic carbocycles. The second kappa shape index (κ2) is 10.5. The van der Waals surface area contributed by atoms with Gasteiger partial charge in [-0.05, 0) is 60.1 Å². The first-order valence-corrected chi connectivity index (χ1v) is 11.1. The molecule has 0 spiro atoms. The molecule has 0 radical (unpaired) electrons. The number of pyridine rings is 1. The number of nitrogens with one attached hydrogen (secondary N) is 1. The maximum Gasteiger partial charge on any atom is 0.269 e. The minimum Gasteiger partial charge on any atom is -0.388 e. The molecule has 0 bridgehead atoms. The van der Waals surface area contributed by atoms with Crippen LogP contribution in [0.25, 0.3) is 10.9 Å². The number of ketones is 1. The zero-order valence-corrected chi connectivity index (χ0v) is 20.1. The summed E-state index contributed by atoms with van der Waals surface area (Å²) in [6, 6.07) is 9.15.